The fourth-order valence-electron chi connectivity index (χ4n) is 2.29. The lowest BCUT2D eigenvalue weighted by Crippen LogP contribution is -2.08. The first-order chi connectivity index (χ1) is 12.7. The number of halogens is 1. The Morgan fingerprint density at radius 3 is 2.54 bits per heavy atom. The van der Waals surface area contributed by atoms with Gasteiger partial charge in [-0.3, -0.25) is 0 Å². The number of nitrogens with one attached hydrogen (secondary N) is 2. The number of benzene rings is 2. The van der Waals surface area contributed by atoms with Gasteiger partial charge in [0, 0.05) is 6.20 Å². The number of anilines is 4. The summed E-state index contributed by atoms with van der Waals surface area (Å²) in [5, 5.41) is 6.77. The van der Waals surface area contributed by atoms with Gasteiger partial charge in [0.2, 0.25) is 5.95 Å². The zero-order valence-corrected chi connectivity index (χ0v) is 14.8. The minimum absolute atomic E-state index is 0.312. The number of para-hydroxylation sites is 2. The Balaban J connectivity index is 1.82. The van der Waals surface area contributed by atoms with E-state index in [1.807, 2.05) is 24.3 Å². The first kappa shape index (κ1) is 17.7. The minimum Gasteiger partial charge on any atom is -0.462 e. The summed E-state index contributed by atoms with van der Waals surface area (Å²) in [7, 11) is 0. The number of carbonyl (C=O) groups is 1. The van der Waals surface area contributed by atoms with Crippen LogP contribution < -0.4 is 10.6 Å². The van der Waals surface area contributed by atoms with Crippen LogP contribution in [0.15, 0.2) is 60.8 Å². The largest absolute Gasteiger partial charge is 0.462 e. The third kappa shape index (κ3) is 4.29. The highest BCUT2D eigenvalue weighted by Gasteiger charge is 2.12. The number of hydrogen-bond donors (Lipinski definition) is 2. The van der Waals surface area contributed by atoms with Crippen molar-refractivity contribution in [3.8, 4) is 0 Å². The summed E-state index contributed by atoms with van der Waals surface area (Å²) in [6.45, 7) is 2.08. The zero-order valence-electron chi connectivity index (χ0n) is 14.1. The second kappa shape index (κ2) is 8.31. The van der Waals surface area contributed by atoms with Gasteiger partial charge in [0.05, 0.1) is 28.6 Å². The smallest absolute Gasteiger partial charge is 0.340 e. The Morgan fingerprint density at radius 1 is 1.04 bits per heavy atom. The summed E-state index contributed by atoms with van der Waals surface area (Å²) in [6.07, 6.45) is 1.61. The summed E-state index contributed by atoms with van der Waals surface area (Å²) >= 11 is 6.14. The second-order valence-electron chi connectivity index (χ2n) is 5.26. The van der Waals surface area contributed by atoms with Crippen molar-refractivity contribution in [3.63, 3.8) is 0 Å². The maximum Gasteiger partial charge on any atom is 0.340 e. The number of rotatable bonds is 6. The number of nitrogens with zero attached hydrogens (tertiary/aromatic N) is 2. The standard InChI is InChI=1S/C19H17ClN4O2/c1-2-26-18(25)13-7-3-5-9-15(13)22-17-11-12-21-19(24-17)23-16-10-6-4-8-14(16)20/h3-12H,2H2,1H3,(H2,21,22,23,24). The van der Waals surface area contributed by atoms with Crippen LogP contribution in [0.3, 0.4) is 0 Å². The van der Waals surface area contributed by atoms with Gasteiger partial charge in [0.25, 0.3) is 0 Å². The van der Waals surface area contributed by atoms with Crippen LogP contribution in [0.5, 0.6) is 0 Å². The molecule has 3 rings (SSSR count). The molecule has 0 fully saturated rings. The third-order valence-electron chi connectivity index (χ3n) is 3.46. The molecule has 0 unspecified atom stereocenters. The average molecular weight is 369 g/mol. The highest BCUT2D eigenvalue weighted by Crippen LogP contribution is 2.25. The maximum atomic E-state index is 12.1. The first-order valence-corrected chi connectivity index (χ1v) is 8.43. The number of hydrogen-bond acceptors (Lipinski definition) is 6. The van der Waals surface area contributed by atoms with Gasteiger partial charge in [-0.15, -0.1) is 0 Å². The summed E-state index contributed by atoms with van der Waals surface area (Å²) in [5.74, 6) is 0.530. The molecule has 6 nitrogen and oxygen atoms in total. The van der Waals surface area contributed by atoms with E-state index in [0.29, 0.717) is 40.3 Å². The fraction of sp³-hybridized carbons (Fsp3) is 0.105. The molecule has 1 aromatic heterocycles. The monoisotopic (exact) mass is 368 g/mol. The van der Waals surface area contributed by atoms with Gasteiger partial charge in [-0.05, 0) is 37.3 Å². The lowest BCUT2D eigenvalue weighted by molar-refractivity contribution is 0.0527. The van der Waals surface area contributed by atoms with Gasteiger partial charge in [-0.1, -0.05) is 35.9 Å². The molecule has 0 aliphatic carbocycles. The predicted octanol–water partition coefficient (Wildman–Crippen LogP) is 4.79. The molecule has 0 bridgehead atoms. The van der Waals surface area contributed by atoms with Crippen LogP contribution in [0, 0.1) is 0 Å². The number of carbonyl (C=O) groups excluding carboxylic acids is 1. The number of esters is 1. The molecule has 0 radical (unpaired) electrons. The van der Waals surface area contributed by atoms with E-state index in [-0.39, 0.29) is 5.97 Å². The van der Waals surface area contributed by atoms with Gasteiger partial charge in [-0.25, -0.2) is 9.78 Å². The van der Waals surface area contributed by atoms with Gasteiger partial charge in [0.15, 0.2) is 0 Å². The summed E-state index contributed by atoms with van der Waals surface area (Å²) in [4.78, 5) is 20.7. The summed E-state index contributed by atoms with van der Waals surface area (Å²) < 4.78 is 5.08. The maximum absolute atomic E-state index is 12.1. The molecule has 0 saturated carbocycles. The van der Waals surface area contributed by atoms with Crippen molar-refractivity contribution in [1.29, 1.82) is 0 Å². The van der Waals surface area contributed by atoms with Crippen molar-refractivity contribution in [2.24, 2.45) is 0 Å². The Labute approximate surface area is 156 Å². The molecule has 26 heavy (non-hydrogen) atoms. The van der Waals surface area contributed by atoms with E-state index in [1.54, 1.807) is 43.5 Å². The Bertz CT molecular complexity index is 917. The van der Waals surface area contributed by atoms with Crippen molar-refractivity contribution >= 4 is 40.7 Å². The van der Waals surface area contributed by atoms with Crippen molar-refractivity contribution in [2.45, 2.75) is 6.92 Å². The van der Waals surface area contributed by atoms with Crippen LogP contribution in [0.25, 0.3) is 0 Å². The molecule has 0 saturated heterocycles. The van der Waals surface area contributed by atoms with Gasteiger partial charge in [-0.2, -0.15) is 4.98 Å². The number of ether oxygens (including phenoxy) is 1. The van der Waals surface area contributed by atoms with Gasteiger partial charge in [0.1, 0.15) is 5.82 Å². The molecule has 0 amide bonds. The highest BCUT2D eigenvalue weighted by atomic mass is 35.5. The quantitative estimate of drug-likeness (QED) is 0.609. The molecule has 7 heteroatoms. The molecule has 0 spiro atoms. The highest BCUT2D eigenvalue weighted by molar-refractivity contribution is 6.33. The van der Waals surface area contributed by atoms with Gasteiger partial charge < -0.3 is 15.4 Å². The Kier molecular flexibility index (Phi) is 5.66. The number of aromatic nitrogens is 2. The molecule has 132 valence electrons. The average Bonchev–Trinajstić information content (AvgIpc) is 2.65. The van der Waals surface area contributed by atoms with E-state index in [9.17, 15) is 4.79 Å². The van der Waals surface area contributed by atoms with E-state index in [4.69, 9.17) is 16.3 Å². The molecule has 0 aliphatic heterocycles. The second-order valence-corrected chi connectivity index (χ2v) is 5.67. The topological polar surface area (TPSA) is 76.1 Å². The van der Waals surface area contributed by atoms with Crippen molar-refractivity contribution < 1.29 is 9.53 Å². The van der Waals surface area contributed by atoms with Crippen LogP contribution in [-0.2, 0) is 4.74 Å². The van der Waals surface area contributed by atoms with Crippen LogP contribution in [0.1, 0.15) is 17.3 Å². The Morgan fingerprint density at radius 2 is 1.77 bits per heavy atom. The molecule has 0 aliphatic rings. The molecular weight excluding hydrogens is 352 g/mol. The van der Waals surface area contributed by atoms with Crippen LogP contribution in [0.2, 0.25) is 5.02 Å². The Hall–Kier alpha value is -3.12. The molecule has 3 aromatic rings. The van der Waals surface area contributed by atoms with E-state index < -0.39 is 0 Å². The molecule has 0 atom stereocenters. The lowest BCUT2D eigenvalue weighted by Gasteiger charge is -2.12. The molecule has 2 aromatic carbocycles. The predicted molar refractivity (Wildman–Crippen MR) is 102 cm³/mol. The third-order valence-corrected chi connectivity index (χ3v) is 3.79. The van der Waals surface area contributed by atoms with Crippen LogP contribution in [0.4, 0.5) is 23.1 Å². The normalized spacial score (nSPS) is 10.2. The lowest BCUT2D eigenvalue weighted by atomic mass is 10.2. The van der Waals surface area contributed by atoms with Crippen molar-refractivity contribution in [3.05, 3.63) is 71.4 Å². The molecular formula is C19H17ClN4O2. The van der Waals surface area contributed by atoms with Crippen LogP contribution >= 0.6 is 11.6 Å². The van der Waals surface area contributed by atoms with Gasteiger partial charge >= 0.3 is 5.97 Å². The molecule has 1 heterocycles. The summed E-state index contributed by atoms with van der Waals surface area (Å²) in [6, 6.07) is 16.1. The minimum atomic E-state index is -0.390. The van der Waals surface area contributed by atoms with E-state index in [2.05, 4.69) is 20.6 Å². The van der Waals surface area contributed by atoms with Crippen molar-refractivity contribution in [1.82, 2.24) is 9.97 Å². The van der Waals surface area contributed by atoms with E-state index >= 15 is 0 Å². The van der Waals surface area contributed by atoms with E-state index in [0.717, 1.165) is 0 Å². The SMILES string of the molecule is CCOC(=O)c1ccccc1Nc1ccnc(Nc2ccccc2Cl)n1. The first-order valence-electron chi connectivity index (χ1n) is 8.05. The zero-order chi connectivity index (χ0) is 18.4. The summed E-state index contributed by atoms with van der Waals surface area (Å²) in [5.41, 5.74) is 1.75. The fourth-order valence-corrected chi connectivity index (χ4v) is 2.47. The van der Waals surface area contributed by atoms with E-state index in [1.165, 1.54) is 0 Å². The van der Waals surface area contributed by atoms with Crippen molar-refractivity contribution in [2.75, 3.05) is 17.2 Å². The molecule has 2 N–H and O–H groups in total. The van der Waals surface area contributed by atoms with Crippen LogP contribution in [-0.4, -0.2) is 22.5 Å².